The summed E-state index contributed by atoms with van der Waals surface area (Å²) in [7, 11) is 0. The van der Waals surface area contributed by atoms with Crippen LogP contribution in [0.2, 0.25) is 0 Å². The molecular formula is C11H15NO2. The summed E-state index contributed by atoms with van der Waals surface area (Å²) >= 11 is 0. The summed E-state index contributed by atoms with van der Waals surface area (Å²) in [5, 5.41) is 3.02. The van der Waals surface area contributed by atoms with E-state index in [4.69, 9.17) is 0 Å². The van der Waals surface area contributed by atoms with E-state index in [1.807, 2.05) is 0 Å². The lowest BCUT2D eigenvalue weighted by molar-refractivity contribution is -0.136. The summed E-state index contributed by atoms with van der Waals surface area (Å²) in [6.07, 6.45) is 2.03. The van der Waals surface area contributed by atoms with Crippen molar-refractivity contribution in [2.75, 3.05) is 6.54 Å². The molecule has 4 bridgehead atoms. The second-order valence-electron chi connectivity index (χ2n) is 5.71. The van der Waals surface area contributed by atoms with Crippen molar-refractivity contribution in [2.24, 2.45) is 33.8 Å². The number of nitroso groups, excluding NO2 is 1. The van der Waals surface area contributed by atoms with Crippen molar-refractivity contribution in [1.29, 1.82) is 0 Å². The Labute approximate surface area is 83.2 Å². The Morgan fingerprint density at radius 2 is 2.21 bits per heavy atom. The Hall–Kier alpha value is -0.730. The zero-order valence-corrected chi connectivity index (χ0v) is 8.62. The molecule has 0 spiro atoms. The molecule has 4 fully saturated rings. The molecule has 4 atom stereocenters. The number of ketones is 1. The number of nitrogens with zero attached hydrogens (tertiary/aromatic N) is 1. The van der Waals surface area contributed by atoms with Crippen molar-refractivity contribution >= 4 is 5.78 Å². The summed E-state index contributed by atoms with van der Waals surface area (Å²) in [6.45, 7) is 4.51. The van der Waals surface area contributed by atoms with Gasteiger partial charge in [-0.15, -0.1) is 0 Å². The van der Waals surface area contributed by atoms with E-state index >= 15 is 0 Å². The molecule has 14 heavy (non-hydrogen) atoms. The highest BCUT2D eigenvalue weighted by Gasteiger charge is 2.79. The molecule has 0 aromatic rings. The predicted molar refractivity (Wildman–Crippen MR) is 51.6 cm³/mol. The molecule has 0 radical (unpaired) electrons. The minimum absolute atomic E-state index is 0.0194. The fourth-order valence-electron chi connectivity index (χ4n) is 4.36. The zero-order valence-electron chi connectivity index (χ0n) is 8.62. The van der Waals surface area contributed by atoms with Crippen LogP contribution < -0.4 is 0 Å². The lowest BCUT2D eigenvalue weighted by Crippen LogP contribution is -2.48. The highest BCUT2D eigenvalue weighted by molar-refractivity contribution is 5.95. The molecular weight excluding hydrogens is 178 g/mol. The van der Waals surface area contributed by atoms with Crippen molar-refractivity contribution < 1.29 is 4.79 Å². The molecule has 0 saturated heterocycles. The van der Waals surface area contributed by atoms with Gasteiger partial charge < -0.3 is 0 Å². The van der Waals surface area contributed by atoms with Gasteiger partial charge in [-0.25, -0.2) is 0 Å². The fraction of sp³-hybridized carbons (Fsp3) is 0.909. The summed E-state index contributed by atoms with van der Waals surface area (Å²) in [5.41, 5.74) is -0.371. The highest BCUT2D eigenvalue weighted by atomic mass is 16.3. The molecule has 4 rings (SSSR count). The molecule has 0 amide bonds. The molecule has 0 N–H and O–H groups in total. The van der Waals surface area contributed by atoms with E-state index in [0.717, 1.165) is 12.8 Å². The SMILES string of the molecule is CC1(C)C2C3CCC1(CN=O)C(=O)C32. The first kappa shape index (κ1) is 8.57. The second kappa shape index (κ2) is 2.10. The lowest BCUT2D eigenvalue weighted by atomic mass is 9.57. The highest BCUT2D eigenvalue weighted by Crippen LogP contribution is 2.77. The van der Waals surface area contributed by atoms with Gasteiger partial charge >= 0.3 is 0 Å². The molecule has 0 aliphatic heterocycles. The largest absolute Gasteiger partial charge is 0.299 e. The van der Waals surface area contributed by atoms with Gasteiger partial charge in [-0.3, -0.25) is 4.79 Å². The molecule has 0 aromatic carbocycles. The van der Waals surface area contributed by atoms with Crippen LogP contribution in [0.4, 0.5) is 0 Å². The van der Waals surface area contributed by atoms with Crippen LogP contribution in [-0.4, -0.2) is 12.3 Å². The van der Waals surface area contributed by atoms with E-state index in [9.17, 15) is 9.70 Å². The number of Topliss-reactive ketones (excluding diaryl/α,β-unsaturated/α-hetero) is 1. The van der Waals surface area contributed by atoms with Gasteiger partial charge in [0, 0.05) is 5.92 Å². The van der Waals surface area contributed by atoms with Crippen LogP contribution in [0.3, 0.4) is 0 Å². The monoisotopic (exact) mass is 193 g/mol. The van der Waals surface area contributed by atoms with Gasteiger partial charge in [0.05, 0.1) is 12.0 Å². The number of hydrogen-bond donors (Lipinski definition) is 0. The molecule has 4 unspecified atom stereocenters. The number of rotatable bonds is 2. The van der Waals surface area contributed by atoms with Crippen molar-refractivity contribution in [3.8, 4) is 0 Å². The molecule has 0 heterocycles. The third-order valence-electron chi connectivity index (χ3n) is 5.25. The summed E-state index contributed by atoms with van der Waals surface area (Å²) in [6, 6.07) is 0. The minimum atomic E-state index is -0.390. The van der Waals surface area contributed by atoms with Crippen LogP contribution in [0.1, 0.15) is 26.7 Å². The van der Waals surface area contributed by atoms with Crippen molar-refractivity contribution in [2.45, 2.75) is 26.7 Å². The topological polar surface area (TPSA) is 46.5 Å². The Morgan fingerprint density at radius 3 is 2.71 bits per heavy atom. The van der Waals surface area contributed by atoms with Gasteiger partial charge in [-0.1, -0.05) is 19.0 Å². The van der Waals surface area contributed by atoms with E-state index in [1.54, 1.807) is 0 Å². The third-order valence-corrected chi connectivity index (χ3v) is 5.25. The maximum Gasteiger partial charge on any atom is 0.145 e. The van der Waals surface area contributed by atoms with Gasteiger partial charge in [0.25, 0.3) is 0 Å². The van der Waals surface area contributed by atoms with Gasteiger partial charge in [0.1, 0.15) is 5.78 Å². The number of fused-ring (bicyclic) bond motifs is 1. The maximum atomic E-state index is 12.1. The van der Waals surface area contributed by atoms with Crippen LogP contribution in [0.5, 0.6) is 0 Å². The van der Waals surface area contributed by atoms with Crippen LogP contribution in [0.25, 0.3) is 0 Å². The average molecular weight is 193 g/mol. The Morgan fingerprint density at radius 1 is 1.50 bits per heavy atom. The summed E-state index contributed by atoms with van der Waals surface area (Å²) < 4.78 is 0. The van der Waals surface area contributed by atoms with Crippen molar-refractivity contribution in [1.82, 2.24) is 0 Å². The molecule has 4 aliphatic rings. The van der Waals surface area contributed by atoms with Gasteiger partial charge in [0.2, 0.25) is 0 Å². The van der Waals surface area contributed by atoms with E-state index < -0.39 is 5.41 Å². The number of carbonyl (C=O) groups excluding carboxylic acids is 1. The van der Waals surface area contributed by atoms with Crippen molar-refractivity contribution in [3.05, 3.63) is 4.91 Å². The normalized spacial score (nSPS) is 51.9. The van der Waals surface area contributed by atoms with Gasteiger partial charge in [0.15, 0.2) is 0 Å². The number of hydrogen-bond acceptors (Lipinski definition) is 3. The van der Waals surface area contributed by atoms with Crippen LogP contribution in [-0.2, 0) is 4.79 Å². The average Bonchev–Trinajstić information content (AvgIpc) is 2.81. The minimum Gasteiger partial charge on any atom is -0.299 e. The first-order chi connectivity index (χ1) is 6.56. The third kappa shape index (κ3) is 0.607. The molecule has 76 valence electrons. The quantitative estimate of drug-likeness (QED) is 0.630. The summed E-state index contributed by atoms with van der Waals surface area (Å²) in [4.78, 5) is 22.6. The first-order valence-electron chi connectivity index (χ1n) is 5.40. The molecule has 3 nitrogen and oxygen atoms in total. The molecule has 4 aliphatic carbocycles. The Balaban J connectivity index is 2.09. The first-order valence-corrected chi connectivity index (χ1v) is 5.40. The fourth-order valence-corrected chi connectivity index (χ4v) is 4.36. The van der Waals surface area contributed by atoms with E-state index in [2.05, 4.69) is 19.0 Å². The van der Waals surface area contributed by atoms with Crippen LogP contribution in [0.15, 0.2) is 5.18 Å². The van der Waals surface area contributed by atoms with Crippen LogP contribution >= 0.6 is 0 Å². The molecule has 4 saturated carbocycles. The van der Waals surface area contributed by atoms with Crippen molar-refractivity contribution in [3.63, 3.8) is 0 Å². The van der Waals surface area contributed by atoms with Gasteiger partial charge in [-0.2, -0.15) is 4.91 Å². The predicted octanol–water partition coefficient (Wildman–Crippen LogP) is 2.00. The summed E-state index contributed by atoms with van der Waals surface area (Å²) in [5.74, 6) is 1.85. The Kier molecular flexibility index (Phi) is 1.28. The smallest absolute Gasteiger partial charge is 0.145 e. The zero-order chi connectivity index (χ0) is 10.1. The van der Waals surface area contributed by atoms with Crippen LogP contribution in [0, 0.1) is 33.5 Å². The Bertz CT molecular complexity index is 336. The van der Waals surface area contributed by atoms with Gasteiger partial charge in [-0.05, 0) is 30.1 Å². The standard InChI is InChI=1S/C11H15NO2/c1-10(2)8-6-3-4-11(10,5-12-14)9(13)7(6)8/h6-8H,3-5H2,1-2H3. The van der Waals surface area contributed by atoms with E-state index in [0.29, 0.717) is 23.5 Å². The number of carbonyl (C=O) groups is 1. The lowest BCUT2D eigenvalue weighted by Gasteiger charge is -2.45. The van der Waals surface area contributed by atoms with E-state index in [1.165, 1.54) is 0 Å². The second-order valence-corrected chi connectivity index (χ2v) is 5.71. The molecule has 0 aromatic heterocycles. The van der Waals surface area contributed by atoms with E-state index in [-0.39, 0.29) is 12.0 Å². The molecule has 3 heteroatoms. The maximum absolute atomic E-state index is 12.1.